The topological polar surface area (TPSA) is 95.9 Å². The van der Waals surface area contributed by atoms with E-state index >= 15 is 0 Å². The molecule has 2 aromatic rings. The number of para-hydroxylation sites is 1. The number of rotatable bonds is 4. The van der Waals surface area contributed by atoms with Crippen LogP contribution in [0.15, 0.2) is 42.5 Å². The Morgan fingerprint density at radius 1 is 1.24 bits per heavy atom. The van der Waals surface area contributed by atoms with Crippen molar-refractivity contribution in [1.82, 2.24) is 0 Å². The fraction of sp³-hybridized carbons (Fsp3) is 0.167. The molecule has 7 nitrogen and oxygen atoms in total. The van der Waals surface area contributed by atoms with Gasteiger partial charge in [-0.25, -0.2) is 4.79 Å². The number of carboxylic acid groups (broad SMARTS) is 1. The van der Waals surface area contributed by atoms with Gasteiger partial charge in [0.2, 0.25) is 5.91 Å². The summed E-state index contributed by atoms with van der Waals surface area (Å²) >= 11 is 0. The molecule has 0 aromatic heterocycles. The van der Waals surface area contributed by atoms with Crippen LogP contribution in [0, 0.1) is 6.92 Å². The van der Waals surface area contributed by atoms with Crippen LogP contribution in [0.3, 0.4) is 0 Å². The third kappa shape index (κ3) is 3.45. The summed E-state index contributed by atoms with van der Waals surface area (Å²) in [7, 11) is 0. The molecule has 128 valence electrons. The summed E-state index contributed by atoms with van der Waals surface area (Å²) in [5.74, 6) is -1.54. The second-order valence-corrected chi connectivity index (χ2v) is 5.62. The molecule has 1 aliphatic rings. The minimum atomic E-state index is -1.12. The van der Waals surface area contributed by atoms with Crippen molar-refractivity contribution >= 4 is 29.2 Å². The Hall–Kier alpha value is -3.35. The van der Waals surface area contributed by atoms with Crippen molar-refractivity contribution < 1.29 is 24.2 Å². The van der Waals surface area contributed by atoms with Crippen LogP contribution in [0.25, 0.3) is 0 Å². The average molecular weight is 340 g/mol. The molecule has 0 atom stereocenters. The number of hydrogen-bond donors (Lipinski definition) is 2. The van der Waals surface area contributed by atoms with Gasteiger partial charge in [0.15, 0.2) is 6.61 Å². The zero-order valence-electron chi connectivity index (χ0n) is 13.5. The molecular formula is C18H16N2O5. The summed E-state index contributed by atoms with van der Waals surface area (Å²) in [6.07, 6.45) is 0. The Kier molecular flexibility index (Phi) is 4.38. The molecule has 1 heterocycles. The van der Waals surface area contributed by atoms with Crippen LogP contribution < -0.4 is 15.0 Å². The molecular weight excluding hydrogens is 324 g/mol. The summed E-state index contributed by atoms with van der Waals surface area (Å²) in [5, 5.41) is 11.9. The second-order valence-electron chi connectivity index (χ2n) is 5.62. The summed E-state index contributed by atoms with van der Waals surface area (Å²) < 4.78 is 5.30. The van der Waals surface area contributed by atoms with Crippen molar-refractivity contribution in [1.29, 1.82) is 0 Å². The predicted molar refractivity (Wildman–Crippen MR) is 91.1 cm³/mol. The van der Waals surface area contributed by atoms with Crippen molar-refractivity contribution in [2.45, 2.75) is 6.92 Å². The number of fused-ring (bicyclic) bond motifs is 1. The van der Waals surface area contributed by atoms with Crippen LogP contribution in [-0.2, 0) is 9.59 Å². The first-order chi connectivity index (χ1) is 12.0. The number of carbonyl (C=O) groups is 3. The van der Waals surface area contributed by atoms with E-state index in [1.54, 1.807) is 12.1 Å². The first-order valence-electron chi connectivity index (χ1n) is 7.61. The maximum Gasteiger partial charge on any atom is 0.335 e. The Morgan fingerprint density at radius 3 is 2.72 bits per heavy atom. The lowest BCUT2D eigenvalue weighted by atomic mass is 10.1. The molecule has 0 saturated heterocycles. The van der Waals surface area contributed by atoms with Gasteiger partial charge in [0.05, 0.1) is 11.3 Å². The summed E-state index contributed by atoms with van der Waals surface area (Å²) in [5.41, 5.74) is 1.85. The summed E-state index contributed by atoms with van der Waals surface area (Å²) in [6.45, 7) is 1.44. The Labute approximate surface area is 143 Å². The van der Waals surface area contributed by atoms with Gasteiger partial charge < -0.3 is 15.2 Å². The second kappa shape index (κ2) is 6.64. The zero-order valence-corrected chi connectivity index (χ0v) is 13.5. The Balaban J connectivity index is 1.84. The number of amides is 2. The van der Waals surface area contributed by atoms with Crippen LogP contribution in [0.1, 0.15) is 15.9 Å². The molecule has 7 heteroatoms. The maximum atomic E-state index is 12.3. The first-order valence-corrected chi connectivity index (χ1v) is 7.61. The SMILES string of the molecule is Cc1ccccc1NC(=O)CN1C(=O)COc2ccc(C(=O)O)cc21. The molecule has 25 heavy (non-hydrogen) atoms. The molecule has 0 unspecified atom stereocenters. The van der Waals surface area contributed by atoms with Gasteiger partial charge in [-0.15, -0.1) is 0 Å². The number of carbonyl (C=O) groups excluding carboxylic acids is 2. The average Bonchev–Trinajstić information content (AvgIpc) is 2.59. The van der Waals surface area contributed by atoms with Crippen molar-refractivity contribution in [2.24, 2.45) is 0 Å². The van der Waals surface area contributed by atoms with Gasteiger partial charge in [-0.1, -0.05) is 18.2 Å². The quantitative estimate of drug-likeness (QED) is 0.888. The third-order valence-electron chi connectivity index (χ3n) is 3.87. The van der Waals surface area contributed by atoms with E-state index in [-0.39, 0.29) is 30.3 Å². The maximum absolute atomic E-state index is 12.3. The molecule has 3 rings (SSSR count). The van der Waals surface area contributed by atoms with Gasteiger partial charge in [-0.05, 0) is 36.8 Å². The van der Waals surface area contributed by atoms with Gasteiger partial charge >= 0.3 is 5.97 Å². The molecule has 2 amide bonds. The summed E-state index contributed by atoms with van der Waals surface area (Å²) in [6, 6.07) is 11.5. The number of aryl methyl sites for hydroxylation is 1. The highest BCUT2D eigenvalue weighted by Crippen LogP contribution is 2.33. The van der Waals surface area contributed by atoms with Crippen LogP contribution >= 0.6 is 0 Å². The molecule has 0 radical (unpaired) electrons. The fourth-order valence-electron chi connectivity index (χ4n) is 2.55. The zero-order chi connectivity index (χ0) is 18.0. The number of benzene rings is 2. The van der Waals surface area contributed by atoms with E-state index < -0.39 is 11.9 Å². The van der Waals surface area contributed by atoms with Gasteiger partial charge in [-0.2, -0.15) is 0 Å². The molecule has 1 aliphatic heterocycles. The Bertz CT molecular complexity index is 862. The monoisotopic (exact) mass is 340 g/mol. The smallest absolute Gasteiger partial charge is 0.335 e. The van der Waals surface area contributed by atoms with E-state index in [1.807, 2.05) is 19.1 Å². The van der Waals surface area contributed by atoms with E-state index in [0.29, 0.717) is 11.4 Å². The van der Waals surface area contributed by atoms with Crippen LogP contribution in [0.5, 0.6) is 5.75 Å². The third-order valence-corrected chi connectivity index (χ3v) is 3.87. The minimum Gasteiger partial charge on any atom is -0.482 e. The lowest BCUT2D eigenvalue weighted by Gasteiger charge is -2.29. The van der Waals surface area contributed by atoms with Gasteiger partial charge in [0.1, 0.15) is 12.3 Å². The lowest BCUT2D eigenvalue weighted by Crippen LogP contribution is -2.43. The molecule has 0 saturated carbocycles. The van der Waals surface area contributed by atoms with E-state index in [0.717, 1.165) is 5.56 Å². The normalized spacial score (nSPS) is 13.0. The van der Waals surface area contributed by atoms with Gasteiger partial charge in [-0.3, -0.25) is 14.5 Å². The van der Waals surface area contributed by atoms with E-state index in [1.165, 1.54) is 23.1 Å². The van der Waals surface area contributed by atoms with Gasteiger partial charge in [0, 0.05) is 5.69 Å². The molecule has 0 spiro atoms. The number of hydrogen-bond acceptors (Lipinski definition) is 4. The highest BCUT2D eigenvalue weighted by Gasteiger charge is 2.28. The van der Waals surface area contributed by atoms with E-state index in [9.17, 15) is 14.4 Å². The summed E-state index contributed by atoms with van der Waals surface area (Å²) in [4.78, 5) is 36.9. The fourth-order valence-corrected chi connectivity index (χ4v) is 2.55. The highest BCUT2D eigenvalue weighted by molar-refractivity contribution is 6.06. The molecule has 2 N–H and O–H groups in total. The number of aromatic carboxylic acids is 1. The molecule has 0 bridgehead atoms. The molecule has 2 aromatic carbocycles. The number of nitrogens with one attached hydrogen (secondary N) is 1. The number of anilines is 2. The van der Waals surface area contributed by atoms with Gasteiger partial charge in [0.25, 0.3) is 5.91 Å². The number of nitrogens with zero attached hydrogens (tertiary/aromatic N) is 1. The minimum absolute atomic E-state index is 0.0151. The predicted octanol–water partition coefficient (Wildman–Crippen LogP) is 2.06. The molecule has 0 fully saturated rings. The van der Waals surface area contributed by atoms with Crippen molar-refractivity contribution in [2.75, 3.05) is 23.4 Å². The van der Waals surface area contributed by atoms with Crippen LogP contribution in [0.4, 0.5) is 11.4 Å². The number of carboxylic acids is 1. The Morgan fingerprint density at radius 2 is 2.00 bits per heavy atom. The lowest BCUT2D eigenvalue weighted by molar-refractivity contribution is -0.123. The highest BCUT2D eigenvalue weighted by atomic mass is 16.5. The van der Waals surface area contributed by atoms with Crippen LogP contribution in [-0.4, -0.2) is 36.0 Å². The van der Waals surface area contributed by atoms with Crippen molar-refractivity contribution in [3.8, 4) is 5.75 Å². The van der Waals surface area contributed by atoms with Crippen molar-refractivity contribution in [3.63, 3.8) is 0 Å². The largest absolute Gasteiger partial charge is 0.482 e. The van der Waals surface area contributed by atoms with Crippen molar-refractivity contribution in [3.05, 3.63) is 53.6 Å². The first kappa shape index (κ1) is 16.5. The van der Waals surface area contributed by atoms with Crippen LogP contribution in [0.2, 0.25) is 0 Å². The number of ether oxygens (including phenoxy) is 1. The van der Waals surface area contributed by atoms with E-state index in [2.05, 4.69) is 5.32 Å². The van der Waals surface area contributed by atoms with E-state index in [4.69, 9.17) is 9.84 Å². The molecule has 0 aliphatic carbocycles. The standard InChI is InChI=1S/C18H16N2O5/c1-11-4-2-3-5-13(11)19-16(21)9-20-14-8-12(18(23)24)6-7-15(14)25-10-17(20)22/h2-8H,9-10H2,1H3,(H,19,21)(H,23,24).